The zero-order chi connectivity index (χ0) is 11.2. The molecule has 0 saturated carbocycles. The molecule has 0 unspecified atom stereocenters. The molecule has 0 radical (unpaired) electrons. The summed E-state index contributed by atoms with van der Waals surface area (Å²) in [7, 11) is 0. The third-order valence-corrected chi connectivity index (χ3v) is 1.62. The standard InChI is InChI=1S/C9H16FNO3/c1-4-6-11-7(12)9(3,10)8(13)14-5-2/h4-6H2,1-3H3,(H,11,12)/t9-/m0/s1. The number of carbonyl (C=O) groups is 2. The Morgan fingerprint density at radius 1 is 1.43 bits per heavy atom. The maximum atomic E-state index is 13.5. The van der Waals surface area contributed by atoms with Crippen molar-refractivity contribution >= 4 is 11.9 Å². The second-order valence-corrected chi connectivity index (χ2v) is 2.98. The quantitative estimate of drug-likeness (QED) is 0.533. The molecule has 0 heterocycles. The van der Waals surface area contributed by atoms with E-state index in [9.17, 15) is 14.0 Å². The molecule has 0 aromatic heterocycles. The van der Waals surface area contributed by atoms with Crippen molar-refractivity contribution in [3.05, 3.63) is 0 Å². The van der Waals surface area contributed by atoms with Crippen molar-refractivity contribution in [3.8, 4) is 0 Å². The van der Waals surface area contributed by atoms with Crippen LogP contribution >= 0.6 is 0 Å². The van der Waals surface area contributed by atoms with Crippen LogP contribution in [0.1, 0.15) is 27.2 Å². The second-order valence-electron chi connectivity index (χ2n) is 2.98. The maximum absolute atomic E-state index is 13.5. The largest absolute Gasteiger partial charge is 0.463 e. The Hall–Kier alpha value is -1.13. The third-order valence-electron chi connectivity index (χ3n) is 1.62. The van der Waals surface area contributed by atoms with Gasteiger partial charge < -0.3 is 10.1 Å². The van der Waals surface area contributed by atoms with Gasteiger partial charge in [-0.1, -0.05) is 6.92 Å². The number of halogens is 1. The average molecular weight is 205 g/mol. The number of rotatable bonds is 5. The number of amides is 1. The van der Waals surface area contributed by atoms with Gasteiger partial charge in [-0.2, -0.15) is 0 Å². The van der Waals surface area contributed by atoms with Crippen molar-refractivity contribution in [2.75, 3.05) is 13.2 Å². The van der Waals surface area contributed by atoms with Gasteiger partial charge in [0.25, 0.3) is 11.6 Å². The van der Waals surface area contributed by atoms with Crippen molar-refractivity contribution in [3.63, 3.8) is 0 Å². The van der Waals surface area contributed by atoms with Crippen molar-refractivity contribution in [1.29, 1.82) is 0 Å². The first-order valence-electron chi connectivity index (χ1n) is 4.61. The zero-order valence-corrected chi connectivity index (χ0v) is 8.72. The highest BCUT2D eigenvalue weighted by Crippen LogP contribution is 2.12. The van der Waals surface area contributed by atoms with Crippen LogP contribution in [-0.2, 0) is 14.3 Å². The molecule has 0 aliphatic heterocycles. The molecule has 0 bridgehead atoms. The Balaban J connectivity index is 4.28. The monoisotopic (exact) mass is 205 g/mol. The lowest BCUT2D eigenvalue weighted by atomic mass is 10.1. The third kappa shape index (κ3) is 3.32. The number of alkyl halides is 1. The van der Waals surface area contributed by atoms with E-state index in [1.165, 1.54) is 0 Å². The van der Waals surface area contributed by atoms with Crippen LogP contribution in [0.5, 0.6) is 0 Å². The molecule has 0 aromatic rings. The fourth-order valence-electron chi connectivity index (χ4n) is 0.764. The summed E-state index contributed by atoms with van der Waals surface area (Å²) in [5.41, 5.74) is -2.59. The van der Waals surface area contributed by atoms with Gasteiger partial charge in [-0.05, 0) is 20.3 Å². The second kappa shape index (κ2) is 5.57. The fourth-order valence-corrected chi connectivity index (χ4v) is 0.764. The maximum Gasteiger partial charge on any atom is 0.353 e. The number of hydrogen-bond acceptors (Lipinski definition) is 3. The molecule has 14 heavy (non-hydrogen) atoms. The van der Waals surface area contributed by atoms with E-state index >= 15 is 0 Å². The van der Waals surface area contributed by atoms with E-state index in [1.54, 1.807) is 6.92 Å². The smallest absolute Gasteiger partial charge is 0.353 e. The predicted molar refractivity (Wildman–Crippen MR) is 49.4 cm³/mol. The fraction of sp³-hybridized carbons (Fsp3) is 0.778. The van der Waals surface area contributed by atoms with E-state index in [0.717, 1.165) is 6.92 Å². The van der Waals surface area contributed by atoms with Crippen molar-refractivity contribution in [2.24, 2.45) is 0 Å². The summed E-state index contributed by atoms with van der Waals surface area (Å²) in [6.45, 7) is 4.69. The molecule has 0 aliphatic rings. The van der Waals surface area contributed by atoms with Gasteiger partial charge in [0.15, 0.2) is 0 Å². The molecule has 0 saturated heterocycles. The summed E-state index contributed by atoms with van der Waals surface area (Å²) in [6.07, 6.45) is 0.685. The molecule has 1 atom stereocenters. The highest BCUT2D eigenvalue weighted by atomic mass is 19.1. The van der Waals surface area contributed by atoms with Crippen LogP contribution in [-0.4, -0.2) is 30.7 Å². The highest BCUT2D eigenvalue weighted by Gasteiger charge is 2.42. The van der Waals surface area contributed by atoms with Crippen LogP contribution in [0.2, 0.25) is 0 Å². The Morgan fingerprint density at radius 2 is 2.00 bits per heavy atom. The number of nitrogens with one attached hydrogen (secondary N) is 1. The van der Waals surface area contributed by atoms with Gasteiger partial charge in [0.1, 0.15) is 0 Å². The van der Waals surface area contributed by atoms with Gasteiger partial charge in [0.05, 0.1) is 6.61 Å². The summed E-state index contributed by atoms with van der Waals surface area (Å²) < 4.78 is 17.9. The molecule has 0 fully saturated rings. The normalized spacial score (nSPS) is 14.3. The van der Waals surface area contributed by atoms with E-state index in [-0.39, 0.29) is 6.61 Å². The van der Waals surface area contributed by atoms with Crippen molar-refractivity contribution < 1.29 is 18.7 Å². The van der Waals surface area contributed by atoms with Crippen LogP contribution in [0, 0.1) is 0 Å². The van der Waals surface area contributed by atoms with E-state index in [0.29, 0.717) is 13.0 Å². The zero-order valence-electron chi connectivity index (χ0n) is 8.72. The van der Waals surface area contributed by atoms with Gasteiger partial charge in [0, 0.05) is 6.54 Å². The lowest BCUT2D eigenvalue weighted by Gasteiger charge is -2.17. The van der Waals surface area contributed by atoms with Gasteiger partial charge in [-0.25, -0.2) is 9.18 Å². The molecular weight excluding hydrogens is 189 g/mol. The molecule has 82 valence electrons. The van der Waals surface area contributed by atoms with Gasteiger partial charge in [-0.15, -0.1) is 0 Å². The van der Waals surface area contributed by atoms with E-state index in [2.05, 4.69) is 10.1 Å². The van der Waals surface area contributed by atoms with E-state index < -0.39 is 17.5 Å². The first-order valence-corrected chi connectivity index (χ1v) is 4.61. The lowest BCUT2D eigenvalue weighted by Crippen LogP contribution is -2.48. The molecular formula is C9H16FNO3. The Bertz CT molecular complexity index is 216. The van der Waals surface area contributed by atoms with Crippen LogP contribution in [0.25, 0.3) is 0 Å². The minimum Gasteiger partial charge on any atom is -0.463 e. The lowest BCUT2D eigenvalue weighted by molar-refractivity contribution is -0.161. The molecule has 0 spiro atoms. The average Bonchev–Trinajstić information content (AvgIpc) is 2.14. The summed E-state index contributed by atoms with van der Waals surface area (Å²) in [5.74, 6) is -2.09. The van der Waals surface area contributed by atoms with Crippen LogP contribution in [0.4, 0.5) is 4.39 Å². The van der Waals surface area contributed by atoms with Crippen LogP contribution in [0.15, 0.2) is 0 Å². The summed E-state index contributed by atoms with van der Waals surface area (Å²) in [6, 6.07) is 0. The van der Waals surface area contributed by atoms with Crippen LogP contribution < -0.4 is 5.32 Å². The Morgan fingerprint density at radius 3 is 2.43 bits per heavy atom. The number of ether oxygens (including phenoxy) is 1. The molecule has 1 N–H and O–H groups in total. The minimum absolute atomic E-state index is 0.0550. The number of esters is 1. The Kier molecular flexibility index (Phi) is 5.12. The molecule has 1 amide bonds. The molecule has 0 aliphatic carbocycles. The SMILES string of the molecule is CCCNC(=O)[C@](C)(F)C(=O)OCC. The van der Waals surface area contributed by atoms with E-state index in [1.807, 2.05) is 6.92 Å². The first-order chi connectivity index (χ1) is 6.46. The summed E-state index contributed by atoms with van der Waals surface area (Å²) >= 11 is 0. The first kappa shape index (κ1) is 12.9. The number of hydrogen-bond donors (Lipinski definition) is 1. The van der Waals surface area contributed by atoms with Crippen LogP contribution in [0.3, 0.4) is 0 Å². The van der Waals surface area contributed by atoms with Crippen molar-refractivity contribution in [1.82, 2.24) is 5.32 Å². The van der Waals surface area contributed by atoms with Gasteiger partial charge in [0.2, 0.25) is 0 Å². The summed E-state index contributed by atoms with van der Waals surface area (Å²) in [4.78, 5) is 22.2. The van der Waals surface area contributed by atoms with Gasteiger partial charge >= 0.3 is 5.97 Å². The van der Waals surface area contributed by atoms with E-state index in [4.69, 9.17) is 0 Å². The molecule has 5 heteroatoms. The molecule has 0 rings (SSSR count). The van der Waals surface area contributed by atoms with Crippen molar-refractivity contribution in [2.45, 2.75) is 32.9 Å². The topological polar surface area (TPSA) is 55.4 Å². The Labute approximate surface area is 82.8 Å². The molecule has 4 nitrogen and oxygen atoms in total. The summed E-state index contributed by atoms with van der Waals surface area (Å²) in [5, 5.41) is 2.30. The van der Waals surface area contributed by atoms with Gasteiger partial charge in [-0.3, -0.25) is 4.79 Å². The number of carbonyl (C=O) groups excluding carboxylic acids is 2. The molecule has 0 aromatic carbocycles. The highest BCUT2D eigenvalue weighted by molar-refractivity contribution is 6.05. The minimum atomic E-state index is -2.59. The predicted octanol–water partition coefficient (Wildman–Crippen LogP) is 0.804.